The fraction of sp³-hybridized carbons (Fsp3) is 0.471. The third-order valence-electron chi connectivity index (χ3n) is 4.68. The van der Waals surface area contributed by atoms with Crippen LogP contribution in [-0.4, -0.2) is 45.9 Å². The van der Waals surface area contributed by atoms with Crippen molar-refractivity contribution in [2.24, 2.45) is 0 Å². The average molecular weight is 399 g/mol. The van der Waals surface area contributed by atoms with Gasteiger partial charge in [-0.2, -0.15) is 8.42 Å². The molecule has 1 aromatic rings. The summed E-state index contributed by atoms with van der Waals surface area (Å²) in [6.07, 6.45) is 2.50. The molecule has 1 fully saturated rings. The van der Waals surface area contributed by atoms with Crippen LogP contribution in [0.25, 0.3) is 0 Å². The van der Waals surface area contributed by atoms with Gasteiger partial charge in [0.05, 0.1) is 10.1 Å². The average Bonchev–Trinajstić information content (AvgIpc) is 2.95. The van der Waals surface area contributed by atoms with Crippen LogP contribution in [0, 0.1) is 6.92 Å². The molecule has 0 radical (unpaired) electrons. The van der Waals surface area contributed by atoms with Crippen molar-refractivity contribution >= 4 is 27.1 Å². The molecule has 7 nitrogen and oxygen atoms in total. The molecule has 3 unspecified atom stereocenters. The van der Waals surface area contributed by atoms with Crippen LogP contribution in [0.1, 0.15) is 31.2 Å². The molecule has 1 N–H and O–H groups in total. The van der Waals surface area contributed by atoms with E-state index in [-0.39, 0.29) is 22.5 Å². The van der Waals surface area contributed by atoms with Crippen LogP contribution in [0.15, 0.2) is 40.9 Å². The molecule has 1 aliphatic heterocycles. The summed E-state index contributed by atoms with van der Waals surface area (Å²) in [5.74, 6) is -0.379. The van der Waals surface area contributed by atoms with Crippen LogP contribution in [-0.2, 0) is 30.2 Å². The molecule has 1 amide bonds. The van der Waals surface area contributed by atoms with Crippen molar-refractivity contribution in [1.82, 2.24) is 4.90 Å². The third-order valence-corrected chi connectivity index (χ3v) is 7.01. The lowest BCUT2D eigenvalue weighted by Gasteiger charge is -2.26. The molecule has 3 atom stereocenters. The molecule has 0 saturated carbocycles. The van der Waals surface area contributed by atoms with Gasteiger partial charge in [0.25, 0.3) is 16.0 Å². The summed E-state index contributed by atoms with van der Waals surface area (Å²) >= 11 is -1.87. The number of carbonyl (C=O) groups is 1. The summed E-state index contributed by atoms with van der Waals surface area (Å²) in [5.41, 5.74) is 1.70. The Morgan fingerprint density at radius 1 is 1.23 bits per heavy atom. The summed E-state index contributed by atoms with van der Waals surface area (Å²) in [7, 11) is -4.01. The Balaban J connectivity index is 1.68. The summed E-state index contributed by atoms with van der Waals surface area (Å²) in [4.78, 5) is 14.1. The van der Waals surface area contributed by atoms with E-state index in [1.54, 1.807) is 18.2 Å². The van der Waals surface area contributed by atoms with Gasteiger partial charge in [0, 0.05) is 18.7 Å². The van der Waals surface area contributed by atoms with Gasteiger partial charge in [0.15, 0.2) is 17.2 Å². The first-order chi connectivity index (χ1) is 12.3. The van der Waals surface area contributed by atoms with Crippen molar-refractivity contribution in [1.29, 1.82) is 0 Å². The maximum Gasteiger partial charge on any atom is 0.297 e. The Labute approximate surface area is 155 Å². The van der Waals surface area contributed by atoms with Gasteiger partial charge in [-0.15, -0.1) is 0 Å². The number of likely N-dealkylation sites (tertiary alicyclic amines) is 1. The molecule has 1 aromatic carbocycles. The van der Waals surface area contributed by atoms with E-state index in [9.17, 15) is 17.4 Å². The first-order valence-electron chi connectivity index (χ1n) is 8.38. The molecule has 26 heavy (non-hydrogen) atoms. The monoisotopic (exact) mass is 399 g/mol. The molecule has 0 spiro atoms. The number of hydrogen-bond acceptors (Lipinski definition) is 5. The molecule has 0 bridgehead atoms. The van der Waals surface area contributed by atoms with Crippen LogP contribution in [0.5, 0.6) is 0 Å². The van der Waals surface area contributed by atoms with E-state index >= 15 is 0 Å². The highest BCUT2D eigenvalue weighted by Crippen LogP contribution is 2.29. The molecule has 9 heteroatoms. The van der Waals surface area contributed by atoms with E-state index in [1.165, 1.54) is 17.0 Å². The highest BCUT2D eigenvalue weighted by atomic mass is 32.2. The summed E-state index contributed by atoms with van der Waals surface area (Å²) < 4.78 is 50.2. The van der Waals surface area contributed by atoms with Crippen LogP contribution in [0.3, 0.4) is 0 Å². The van der Waals surface area contributed by atoms with Crippen LogP contribution in [0.2, 0.25) is 0 Å². The Morgan fingerprint density at radius 3 is 2.50 bits per heavy atom. The lowest BCUT2D eigenvalue weighted by Crippen LogP contribution is -2.33. The van der Waals surface area contributed by atoms with Crippen molar-refractivity contribution < 1.29 is 26.2 Å². The maximum atomic E-state index is 12.6. The van der Waals surface area contributed by atoms with Crippen LogP contribution >= 0.6 is 0 Å². The van der Waals surface area contributed by atoms with Crippen molar-refractivity contribution in [3.05, 3.63) is 41.6 Å². The SMILES string of the molecule is Cc1ccc(S(=O)(=O)OC2CCN(C3=CCC(S(=O)O)CC3)C2=O)cc1. The van der Waals surface area contributed by atoms with E-state index in [1.807, 2.05) is 6.92 Å². The normalized spacial score (nSPS) is 25.2. The van der Waals surface area contributed by atoms with Gasteiger partial charge in [0.2, 0.25) is 0 Å². The van der Waals surface area contributed by atoms with Gasteiger partial charge in [-0.05, 0) is 38.3 Å². The van der Waals surface area contributed by atoms with E-state index < -0.39 is 27.3 Å². The molecule has 0 aromatic heterocycles. The summed E-state index contributed by atoms with van der Waals surface area (Å²) in [6.45, 7) is 2.23. The van der Waals surface area contributed by atoms with Crippen molar-refractivity contribution in [3.63, 3.8) is 0 Å². The second-order valence-corrected chi connectivity index (χ2v) is 9.29. The zero-order valence-corrected chi connectivity index (χ0v) is 16.0. The number of aryl methyl sites for hydroxylation is 1. The number of rotatable bonds is 5. The predicted octanol–water partition coefficient (Wildman–Crippen LogP) is 1.96. The second-order valence-electron chi connectivity index (χ2n) is 6.50. The fourth-order valence-electron chi connectivity index (χ4n) is 3.17. The van der Waals surface area contributed by atoms with Gasteiger partial charge in [0.1, 0.15) is 0 Å². The number of carbonyl (C=O) groups excluding carboxylic acids is 1. The molecule has 142 valence electrons. The molecular weight excluding hydrogens is 378 g/mol. The molecule has 1 aliphatic carbocycles. The summed E-state index contributed by atoms with van der Waals surface area (Å²) in [5, 5.41) is -0.314. The fourth-order valence-corrected chi connectivity index (χ4v) is 4.81. The smallest absolute Gasteiger partial charge is 0.297 e. The van der Waals surface area contributed by atoms with Gasteiger partial charge in [-0.25, -0.2) is 4.21 Å². The number of benzene rings is 1. The molecule has 1 heterocycles. The maximum absolute atomic E-state index is 12.6. The van der Waals surface area contributed by atoms with Gasteiger partial charge in [-0.1, -0.05) is 23.8 Å². The highest BCUT2D eigenvalue weighted by molar-refractivity contribution is 7.86. The standard InChI is InChI=1S/C17H21NO6S2/c1-12-2-8-15(9-3-12)26(22,23)24-16-10-11-18(17(16)19)13-4-6-14(7-5-13)25(20)21/h2-4,8-9,14,16H,5-7,10-11H2,1H3,(H,20,21). The van der Waals surface area contributed by atoms with Crippen molar-refractivity contribution in [2.45, 2.75) is 48.9 Å². The second kappa shape index (κ2) is 7.59. The van der Waals surface area contributed by atoms with E-state index in [0.29, 0.717) is 25.8 Å². The van der Waals surface area contributed by atoms with Crippen molar-refractivity contribution in [3.8, 4) is 0 Å². The minimum Gasteiger partial charge on any atom is -0.314 e. The van der Waals surface area contributed by atoms with Crippen LogP contribution in [0.4, 0.5) is 0 Å². The molecule has 2 aliphatic rings. The van der Waals surface area contributed by atoms with Gasteiger partial charge in [-0.3, -0.25) is 8.98 Å². The summed E-state index contributed by atoms with van der Waals surface area (Å²) in [6, 6.07) is 6.27. The topological polar surface area (TPSA) is 101 Å². The first-order valence-corrected chi connectivity index (χ1v) is 11.0. The predicted molar refractivity (Wildman–Crippen MR) is 96.1 cm³/mol. The van der Waals surface area contributed by atoms with Crippen molar-refractivity contribution in [2.75, 3.05) is 6.54 Å². The Morgan fingerprint density at radius 2 is 1.92 bits per heavy atom. The van der Waals surface area contributed by atoms with E-state index in [0.717, 1.165) is 11.3 Å². The number of amides is 1. The molecular formula is C17H21NO6S2. The Hall–Kier alpha value is -1.55. The third kappa shape index (κ3) is 4.06. The Kier molecular flexibility index (Phi) is 5.61. The molecule has 3 rings (SSSR count). The first kappa shape index (κ1) is 19.2. The minimum atomic E-state index is -4.01. The minimum absolute atomic E-state index is 0.0273. The lowest BCUT2D eigenvalue weighted by atomic mass is 10.0. The largest absolute Gasteiger partial charge is 0.314 e. The van der Waals surface area contributed by atoms with Gasteiger partial charge >= 0.3 is 0 Å². The quantitative estimate of drug-likeness (QED) is 0.600. The molecule has 1 saturated heterocycles. The zero-order valence-electron chi connectivity index (χ0n) is 14.3. The van der Waals surface area contributed by atoms with Crippen LogP contribution < -0.4 is 0 Å². The van der Waals surface area contributed by atoms with Gasteiger partial charge < -0.3 is 9.45 Å². The Bertz CT molecular complexity index is 847. The zero-order chi connectivity index (χ0) is 18.9. The van der Waals surface area contributed by atoms with E-state index in [2.05, 4.69) is 0 Å². The van der Waals surface area contributed by atoms with E-state index in [4.69, 9.17) is 8.74 Å². The number of hydrogen-bond donors (Lipinski definition) is 1. The number of nitrogens with zero attached hydrogens (tertiary/aromatic N) is 1. The highest BCUT2D eigenvalue weighted by Gasteiger charge is 2.38. The number of allylic oxidation sites excluding steroid dienone is 2. The lowest BCUT2D eigenvalue weighted by molar-refractivity contribution is -0.131.